The Morgan fingerprint density at radius 1 is 1.19 bits per heavy atom. The second-order valence-corrected chi connectivity index (χ2v) is 6.39. The van der Waals surface area contributed by atoms with Gasteiger partial charge in [-0.1, -0.05) is 37.1 Å². The van der Waals surface area contributed by atoms with Crippen LogP contribution >= 0.6 is 11.6 Å². The number of unbranched alkanes of at least 4 members (excludes halogenated alkanes) is 1. The summed E-state index contributed by atoms with van der Waals surface area (Å²) in [5.74, 6) is -1.68. The van der Waals surface area contributed by atoms with Crippen LogP contribution in [0.3, 0.4) is 0 Å². The van der Waals surface area contributed by atoms with E-state index in [-0.39, 0.29) is 10.7 Å². The van der Waals surface area contributed by atoms with Crippen molar-refractivity contribution < 1.29 is 18.7 Å². The van der Waals surface area contributed by atoms with Crippen molar-refractivity contribution in [3.05, 3.63) is 58.9 Å². The summed E-state index contributed by atoms with van der Waals surface area (Å²) >= 11 is 5.89. The molecule has 0 aliphatic carbocycles. The molecule has 0 aromatic heterocycles. The summed E-state index contributed by atoms with van der Waals surface area (Å²) in [6.45, 7) is 4.27. The summed E-state index contributed by atoms with van der Waals surface area (Å²) < 4.78 is 18.4. The van der Waals surface area contributed by atoms with Crippen molar-refractivity contribution in [1.82, 2.24) is 0 Å². The number of halogens is 2. The molecule has 0 bridgehead atoms. The van der Waals surface area contributed by atoms with Crippen LogP contribution in [0.5, 0.6) is 0 Å². The predicted octanol–water partition coefficient (Wildman–Crippen LogP) is 4.88. The number of anilines is 2. The maximum Gasteiger partial charge on any atom is 0.341 e. The van der Waals surface area contributed by atoms with Crippen molar-refractivity contribution in [2.24, 2.45) is 0 Å². The van der Waals surface area contributed by atoms with E-state index in [1.807, 2.05) is 6.07 Å². The number of benzene rings is 2. The second kappa shape index (κ2) is 9.92. The maximum atomic E-state index is 13.1. The first kappa shape index (κ1) is 20.7. The Labute approximate surface area is 162 Å². The fourth-order valence-corrected chi connectivity index (χ4v) is 2.53. The summed E-state index contributed by atoms with van der Waals surface area (Å²) in [6.07, 6.45) is 0.950. The average Bonchev–Trinajstić information content (AvgIpc) is 2.64. The van der Waals surface area contributed by atoms with Gasteiger partial charge < -0.3 is 15.4 Å². The van der Waals surface area contributed by atoms with Crippen LogP contribution in [0.25, 0.3) is 0 Å². The molecular formula is C20H22ClFN2O3. The molecule has 0 unspecified atom stereocenters. The Balaban J connectivity index is 2.01. The molecule has 27 heavy (non-hydrogen) atoms. The van der Waals surface area contributed by atoms with Gasteiger partial charge in [0.05, 0.1) is 16.3 Å². The van der Waals surface area contributed by atoms with Gasteiger partial charge in [0, 0.05) is 12.2 Å². The molecule has 0 aliphatic heterocycles. The third-order valence-electron chi connectivity index (χ3n) is 3.83. The Kier molecular flexibility index (Phi) is 7.61. The van der Waals surface area contributed by atoms with Crippen LogP contribution in [0.4, 0.5) is 15.8 Å². The Bertz CT molecular complexity index is 814. The number of hydrogen-bond donors (Lipinski definition) is 2. The monoisotopic (exact) mass is 392 g/mol. The van der Waals surface area contributed by atoms with Crippen molar-refractivity contribution >= 4 is 34.9 Å². The summed E-state index contributed by atoms with van der Waals surface area (Å²) in [6, 6.07) is 10.6. The topological polar surface area (TPSA) is 67.4 Å². The molecule has 0 aliphatic rings. The number of esters is 1. The molecule has 0 heterocycles. The number of nitrogens with one attached hydrogen (secondary N) is 2. The molecule has 2 N–H and O–H groups in total. The number of ether oxygens (including phenoxy) is 1. The summed E-state index contributed by atoms with van der Waals surface area (Å²) in [5.41, 5.74) is 1.26. The van der Waals surface area contributed by atoms with Crippen molar-refractivity contribution in [1.29, 1.82) is 0 Å². The summed E-state index contributed by atoms with van der Waals surface area (Å²) in [5, 5.41) is 5.78. The lowest BCUT2D eigenvalue weighted by Crippen LogP contribution is -2.30. The van der Waals surface area contributed by atoms with Gasteiger partial charge in [0.15, 0.2) is 6.10 Å². The highest BCUT2D eigenvalue weighted by atomic mass is 35.5. The molecule has 5 nitrogen and oxygen atoms in total. The minimum Gasteiger partial charge on any atom is -0.449 e. The van der Waals surface area contributed by atoms with Gasteiger partial charge in [0.25, 0.3) is 5.91 Å². The Hall–Kier alpha value is -2.60. The number of carbonyl (C=O) groups is 2. The molecule has 1 amide bonds. The first-order valence-electron chi connectivity index (χ1n) is 8.72. The van der Waals surface area contributed by atoms with E-state index in [1.165, 1.54) is 19.1 Å². The largest absolute Gasteiger partial charge is 0.449 e. The van der Waals surface area contributed by atoms with Gasteiger partial charge in [-0.15, -0.1) is 0 Å². The zero-order valence-electron chi connectivity index (χ0n) is 15.2. The van der Waals surface area contributed by atoms with E-state index in [9.17, 15) is 14.0 Å². The number of carbonyl (C=O) groups excluding carboxylic acids is 2. The number of rotatable bonds is 8. The van der Waals surface area contributed by atoms with Crippen LogP contribution in [0.15, 0.2) is 42.5 Å². The Morgan fingerprint density at radius 2 is 1.93 bits per heavy atom. The van der Waals surface area contributed by atoms with Gasteiger partial charge in [-0.05, 0) is 43.7 Å². The fourth-order valence-electron chi connectivity index (χ4n) is 2.32. The highest BCUT2D eigenvalue weighted by molar-refractivity contribution is 6.33. The van der Waals surface area contributed by atoms with E-state index in [1.54, 1.807) is 18.2 Å². The second-order valence-electron chi connectivity index (χ2n) is 5.99. The molecule has 2 rings (SSSR count). The molecule has 0 radical (unpaired) electrons. The molecule has 0 fully saturated rings. The fraction of sp³-hybridized carbons (Fsp3) is 0.300. The molecule has 0 saturated heterocycles. The van der Waals surface area contributed by atoms with Gasteiger partial charge in [-0.3, -0.25) is 4.79 Å². The molecule has 144 valence electrons. The first-order valence-corrected chi connectivity index (χ1v) is 9.10. The highest BCUT2D eigenvalue weighted by Gasteiger charge is 2.21. The molecule has 0 spiro atoms. The highest BCUT2D eigenvalue weighted by Crippen LogP contribution is 2.23. The zero-order valence-corrected chi connectivity index (χ0v) is 16.0. The SMILES string of the molecule is CCCCNc1ccccc1C(=O)O[C@@H](C)C(=O)Nc1ccc(F)cc1Cl. The molecule has 1 atom stereocenters. The van der Waals surface area contributed by atoms with E-state index < -0.39 is 23.8 Å². The van der Waals surface area contributed by atoms with Gasteiger partial charge in [0.2, 0.25) is 0 Å². The smallest absolute Gasteiger partial charge is 0.341 e. The van der Waals surface area contributed by atoms with Crippen molar-refractivity contribution in [2.75, 3.05) is 17.2 Å². The predicted molar refractivity (Wildman–Crippen MR) is 105 cm³/mol. The van der Waals surface area contributed by atoms with Crippen LogP contribution < -0.4 is 10.6 Å². The standard InChI is InChI=1S/C20H22ClFN2O3/c1-3-4-11-23-17-8-6-5-7-15(17)20(26)27-13(2)19(25)24-18-10-9-14(22)12-16(18)21/h5-10,12-13,23H,3-4,11H2,1-2H3,(H,24,25)/t13-/m0/s1. The third kappa shape index (κ3) is 5.96. The van der Waals surface area contributed by atoms with Crippen LogP contribution in [-0.2, 0) is 9.53 Å². The van der Waals surface area contributed by atoms with Crippen molar-refractivity contribution in [3.63, 3.8) is 0 Å². The third-order valence-corrected chi connectivity index (χ3v) is 4.15. The van der Waals surface area contributed by atoms with E-state index in [0.717, 1.165) is 25.5 Å². The molecule has 2 aromatic rings. The van der Waals surface area contributed by atoms with Crippen LogP contribution in [0, 0.1) is 5.82 Å². The quantitative estimate of drug-likeness (QED) is 0.496. The van der Waals surface area contributed by atoms with Crippen LogP contribution in [-0.4, -0.2) is 24.5 Å². The van der Waals surface area contributed by atoms with E-state index in [0.29, 0.717) is 11.3 Å². The molecule has 0 saturated carbocycles. The lowest BCUT2D eigenvalue weighted by atomic mass is 10.1. The van der Waals surface area contributed by atoms with Gasteiger partial charge >= 0.3 is 5.97 Å². The maximum absolute atomic E-state index is 13.1. The number of amides is 1. The first-order chi connectivity index (χ1) is 12.9. The summed E-state index contributed by atoms with van der Waals surface area (Å²) in [4.78, 5) is 24.7. The zero-order chi connectivity index (χ0) is 19.8. The molecule has 7 heteroatoms. The molecule has 2 aromatic carbocycles. The molecular weight excluding hydrogens is 371 g/mol. The lowest BCUT2D eigenvalue weighted by Gasteiger charge is -2.16. The lowest BCUT2D eigenvalue weighted by molar-refractivity contribution is -0.123. The van der Waals surface area contributed by atoms with Crippen molar-refractivity contribution in [2.45, 2.75) is 32.8 Å². The average molecular weight is 393 g/mol. The minimum absolute atomic E-state index is 0.0624. The number of hydrogen-bond acceptors (Lipinski definition) is 4. The van der Waals surface area contributed by atoms with Gasteiger partial charge in [0.1, 0.15) is 5.82 Å². The Morgan fingerprint density at radius 3 is 2.63 bits per heavy atom. The van der Waals surface area contributed by atoms with Crippen LogP contribution in [0.2, 0.25) is 5.02 Å². The van der Waals surface area contributed by atoms with Gasteiger partial charge in [-0.25, -0.2) is 9.18 Å². The van der Waals surface area contributed by atoms with E-state index in [4.69, 9.17) is 16.3 Å². The van der Waals surface area contributed by atoms with E-state index in [2.05, 4.69) is 17.6 Å². The normalized spacial score (nSPS) is 11.6. The van der Waals surface area contributed by atoms with Crippen LogP contribution in [0.1, 0.15) is 37.0 Å². The number of para-hydroxylation sites is 1. The minimum atomic E-state index is -1.05. The van der Waals surface area contributed by atoms with E-state index >= 15 is 0 Å². The van der Waals surface area contributed by atoms with Gasteiger partial charge in [-0.2, -0.15) is 0 Å². The summed E-state index contributed by atoms with van der Waals surface area (Å²) in [7, 11) is 0. The van der Waals surface area contributed by atoms with Crippen molar-refractivity contribution in [3.8, 4) is 0 Å².